The summed E-state index contributed by atoms with van der Waals surface area (Å²) < 4.78 is 16.4. The van der Waals surface area contributed by atoms with Crippen molar-refractivity contribution >= 4 is 17.5 Å². The van der Waals surface area contributed by atoms with Gasteiger partial charge in [-0.25, -0.2) is 0 Å². The number of rotatable bonds is 6. The quantitative estimate of drug-likeness (QED) is 0.735. The topological polar surface area (TPSA) is 77.1 Å². The van der Waals surface area contributed by atoms with Gasteiger partial charge in [-0.1, -0.05) is 19.9 Å². The molecule has 2 aliphatic rings. The monoisotopic (exact) mass is 438 g/mol. The van der Waals surface area contributed by atoms with Crippen LogP contribution in [-0.2, 0) is 9.59 Å². The zero-order valence-corrected chi connectivity index (χ0v) is 18.8. The van der Waals surface area contributed by atoms with Crippen LogP contribution in [-0.4, -0.2) is 43.2 Å². The lowest BCUT2D eigenvalue weighted by Gasteiger charge is -2.31. The van der Waals surface area contributed by atoms with Crippen LogP contribution >= 0.6 is 0 Å². The molecular weight excluding hydrogens is 408 g/mol. The molecule has 2 aliphatic heterocycles. The number of hydrogen-bond acceptors (Lipinski definition) is 5. The number of likely N-dealkylation sites (tertiary alicyclic amines) is 1. The minimum absolute atomic E-state index is 0.00846. The molecule has 2 aromatic rings. The average Bonchev–Trinajstić information content (AvgIpc) is 3.25. The average molecular weight is 439 g/mol. The Kier molecular flexibility index (Phi) is 6.53. The van der Waals surface area contributed by atoms with Crippen molar-refractivity contribution in [1.82, 2.24) is 4.90 Å². The Balaban J connectivity index is 1.24. The maximum absolute atomic E-state index is 12.7. The number of ether oxygens (including phenoxy) is 3. The van der Waals surface area contributed by atoms with E-state index in [4.69, 9.17) is 14.2 Å². The number of carbonyl (C=O) groups is 2. The van der Waals surface area contributed by atoms with Gasteiger partial charge in [-0.3, -0.25) is 9.59 Å². The summed E-state index contributed by atoms with van der Waals surface area (Å²) >= 11 is 0. The number of benzene rings is 2. The molecule has 0 saturated carbocycles. The van der Waals surface area contributed by atoms with Crippen molar-refractivity contribution in [2.45, 2.75) is 39.5 Å². The maximum Gasteiger partial charge on any atom is 0.260 e. The number of fused-ring (bicyclic) bond motifs is 1. The summed E-state index contributed by atoms with van der Waals surface area (Å²) in [5.41, 5.74) is 3.13. The van der Waals surface area contributed by atoms with Crippen LogP contribution in [0.2, 0.25) is 0 Å². The fourth-order valence-corrected chi connectivity index (χ4v) is 4.23. The molecule has 0 aliphatic carbocycles. The summed E-state index contributed by atoms with van der Waals surface area (Å²) in [4.78, 5) is 27.0. The van der Waals surface area contributed by atoms with E-state index in [2.05, 4.69) is 32.2 Å². The summed E-state index contributed by atoms with van der Waals surface area (Å²) in [6.07, 6.45) is 1.26. The van der Waals surface area contributed by atoms with Gasteiger partial charge in [0.1, 0.15) is 5.75 Å². The molecule has 1 N–H and O–H groups in total. The molecule has 4 rings (SSSR count). The number of carbonyl (C=O) groups excluding carboxylic acids is 2. The van der Waals surface area contributed by atoms with E-state index in [-0.39, 0.29) is 31.1 Å². The lowest BCUT2D eigenvalue weighted by atomic mass is 9.95. The minimum atomic E-state index is -0.128. The Morgan fingerprint density at radius 2 is 1.84 bits per heavy atom. The van der Waals surface area contributed by atoms with Crippen LogP contribution < -0.4 is 19.5 Å². The molecule has 0 unspecified atom stereocenters. The van der Waals surface area contributed by atoms with E-state index in [1.807, 2.05) is 12.1 Å². The van der Waals surface area contributed by atoms with E-state index in [9.17, 15) is 9.59 Å². The summed E-state index contributed by atoms with van der Waals surface area (Å²) in [6, 6.07) is 11.3. The summed E-state index contributed by atoms with van der Waals surface area (Å²) in [5.74, 6) is 2.27. The van der Waals surface area contributed by atoms with Gasteiger partial charge in [-0.05, 0) is 61.1 Å². The van der Waals surface area contributed by atoms with Crippen LogP contribution in [0, 0.1) is 12.8 Å². The molecule has 0 spiro atoms. The second-order valence-corrected chi connectivity index (χ2v) is 8.67. The van der Waals surface area contributed by atoms with Crippen molar-refractivity contribution < 1.29 is 23.8 Å². The number of nitrogens with one attached hydrogen (secondary N) is 1. The van der Waals surface area contributed by atoms with E-state index in [1.54, 1.807) is 23.1 Å². The molecule has 7 nitrogen and oxygen atoms in total. The Labute approximate surface area is 188 Å². The second-order valence-electron chi connectivity index (χ2n) is 8.67. The van der Waals surface area contributed by atoms with Gasteiger partial charge in [0.05, 0.1) is 0 Å². The third-order valence-corrected chi connectivity index (χ3v) is 6.08. The first-order valence-electron chi connectivity index (χ1n) is 11.1. The zero-order valence-electron chi connectivity index (χ0n) is 18.8. The highest BCUT2D eigenvalue weighted by Crippen LogP contribution is 2.34. The molecule has 7 heteroatoms. The van der Waals surface area contributed by atoms with Crippen LogP contribution in [0.3, 0.4) is 0 Å². The molecule has 2 aromatic carbocycles. The SMILES string of the molecule is Cc1cc(OCC(=O)N2CCC(C(=O)Nc3ccc4c(c3)OCO4)CC2)ccc1C(C)C. The lowest BCUT2D eigenvalue weighted by Crippen LogP contribution is -2.43. The number of hydrogen-bond donors (Lipinski definition) is 1. The zero-order chi connectivity index (χ0) is 22.7. The van der Waals surface area contributed by atoms with Crippen molar-refractivity contribution in [3.05, 3.63) is 47.5 Å². The molecule has 0 aromatic heterocycles. The number of amides is 2. The lowest BCUT2D eigenvalue weighted by molar-refractivity contribution is -0.136. The Morgan fingerprint density at radius 3 is 2.56 bits per heavy atom. The summed E-state index contributed by atoms with van der Waals surface area (Å²) in [7, 11) is 0. The third kappa shape index (κ3) is 4.98. The van der Waals surface area contributed by atoms with E-state index in [0.717, 1.165) is 0 Å². The molecule has 2 heterocycles. The highest BCUT2D eigenvalue weighted by atomic mass is 16.7. The first kappa shape index (κ1) is 22.0. The Morgan fingerprint density at radius 1 is 1.09 bits per heavy atom. The predicted molar refractivity (Wildman–Crippen MR) is 121 cm³/mol. The molecular formula is C25H30N2O5. The standard InChI is InChI=1S/C25H30N2O5/c1-16(2)21-6-5-20(12-17(21)3)30-14-24(28)27-10-8-18(9-11-27)25(29)26-19-4-7-22-23(13-19)32-15-31-22/h4-7,12-13,16,18H,8-11,14-15H2,1-3H3,(H,26,29). The van der Waals surface area contributed by atoms with Gasteiger partial charge in [-0.2, -0.15) is 0 Å². The normalized spacial score (nSPS) is 15.7. The van der Waals surface area contributed by atoms with Crippen molar-refractivity contribution in [3.63, 3.8) is 0 Å². The maximum atomic E-state index is 12.7. The van der Waals surface area contributed by atoms with Crippen molar-refractivity contribution in [1.29, 1.82) is 0 Å². The largest absolute Gasteiger partial charge is 0.484 e. The minimum Gasteiger partial charge on any atom is -0.484 e. The molecule has 1 fully saturated rings. The highest BCUT2D eigenvalue weighted by molar-refractivity contribution is 5.93. The van der Waals surface area contributed by atoms with Gasteiger partial charge in [0.15, 0.2) is 18.1 Å². The van der Waals surface area contributed by atoms with E-state index in [0.29, 0.717) is 54.8 Å². The van der Waals surface area contributed by atoms with Gasteiger partial charge in [0, 0.05) is 30.8 Å². The predicted octanol–water partition coefficient (Wildman–Crippen LogP) is 4.10. The van der Waals surface area contributed by atoms with Gasteiger partial charge in [0.2, 0.25) is 12.7 Å². The summed E-state index contributed by atoms with van der Waals surface area (Å²) in [6.45, 7) is 7.68. The fraction of sp³-hybridized carbons (Fsp3) is 0.440. The van der Waals surface area contributed by atoms with E-state index >= 15 is 0 Å². The number of aryl methyl sites for hydroxylation is 1. The van der Waals surface area contributed by atoms with Gasteiger partial charge >= 0.3 is 0 Å². The molecule has 0 atom stereocenters. The number of anilines is 1. The van der Waals surface area contributed by atoms with E-state index < -0.39 is 0 Å². The summed E-state index contributed by atoms with van der Waals surface area (Å²) in [5, 5.41) is 2.95. The number of nitrogens with zero attached hydrogens (tertiary/aromatic N) is 1. The second kappa shape index (κ2) is 9.51. The van der Waals surface area contributed by atoms with Gasteiger partial charge in [-0.15, -0.1) is 0 Å². The van der Waals surface area contributed by atoms with Crippen molar-refractivity contribution in [2.24, 2.45) is 5.92 Å². The van der Waals surface area contributed by atoms with Crippen LogP contribution in [0.1, 0.15) is 43.7 Å². The molecule has 0 radical (unpaired) electrons. The van der Waals surface area contributed by atoms with Crippen molar-refractivity contribution in [3.8, 4) is 17.2 Å². The Bertz CT molecular complexity index is 996. The van der Waals surface area contributed by atoms with Crippen LogP contribution in [0.25, 0.3) is 0 Å². The molecule has 1 saturated heterocycles. The molecule has 170 valence electrons. The number of piperidine rings is 1. The van der Waals surface area contributed by atoms with Gasteiger partial charge < -0.3 is 24.4 Å². The van der Waals surface area contributed by atoms with Crippen LogP contribution in [0.15, 0.2) is 36.4 Å². The molecule has 2 amide bonds. The third-order valence-electron chi connectivity index (χ3n) is 6.08. The first-order chi connectivity index (χ1) is 15.4. The van der Waals surface area contributed by atoms with Gasteiger partial charge in [0.25, 0.3) is 5.91 Å². The smallest absolute Gasteiger partial charge is 0.260 e. The Hall–Kier alpha value is -3.22. The van der Waals surface area contributed by atoms with Crippen LogP contribution in [0.4, 0.5) is 5.69 Å². The van der Waals surface area contributed by atoms with E-state index in [1.165, 1.54) is 11.1 Å². The first-order valence-corrected chi connectivity index (χ1v) is 11.1. The van der Waals surface area contributed by atoms with Crippen LogP contribution in [0.5, 0.6) is 17.2 Å². The highest BCUT2D eigenvalue weighted by Gasteiger charge is 2.28. The van der Waals surface area contributed by atoms with Crippen molar-refractivity contribution in [2.75, 3.05) is 31.8 Å². The fourth-order valence-electron chi connectivity index (χ4n) is 4.23. The molecule has 0 bridgehead atoms. The molecule has 32 heavy (non-hydrogen) atoms.